The van der Waals surface area contributed by atoms with Crippen molar-refractivity contribution in [2.24, 2.45) is 0 Å². The van der Waals surface area contributed by atoms with E-state index >= 15 is 0 Å². The molecule has 3 heterocycles. The van der Waals surface area contributed by atoms with Gasteiger partial charge in [0.15, 0.2) is 5.82 Å². The van der Waals surface area contributed by atoms with Crippen LogP contribution in [-0.4, -0.2) is 38.9 Å². The van der Waals surface area contributed by atoms with Crippen LogP contribution in [0.25, 0.3) is 5.52 Å². The minimum atomic E-state index is -0.243. The van der Waals surface area contributed by atoms with Crippen molar-refractivity contribution in [2.45, 2.75) is 38.7 Å². The molecule has 1 fully saturated rings. The first-order valence-corrected chi connectivity index (χ1v) is 6.73. The van der Waals surface area contributed by atoms with Gasteiger partial charge >= 0.3 is 0 Å². The summed E-state index contributed by atoms with van der Waals surface area (Å²) in [5, 5.41) is 14.3. The summed E-state index contributed by atoms with van der Waals surface area (Å²) in [6.07, 6.45) is 4.21. The predicted molar refractivity (Wildman–Crippen MR) is 74.5 cm³/mol. The van der Waals surface area contributed by atoms with Crippen LogP contribution in [0, 0.1) is 0 Å². The summed E-state index contributed by atoms with van der Waals surface area (Å²) in [4.78, 5) is 6.61. The van der Waals surface area contributed by atoms with Crippen molar-refractivity contribution in [1.29, 1.82) is 0 Å². The summed E-state index contributed by atoms with van der Waals surface area (Å²) in [5.41, 5.74) is 2.09. The zero-order valence-corrected chi connectivity index (χ0v) is 11.7. The lowest BCUT2D eigenvalue weighted by Crippen LogP contribution is -2.22. The SMILES string of the molecule is CC(C)(C)c1cc2c(N3CC[C@H](O)C3)nccn2n1. The van der Waals surface area contributed by atoms with Gasteiger partial charge in [0.1, 0.15) is 5.52 Å². The van der Waals surface area contributed by atoms with Gasteiger partial charge in [0, 0.05) is 30.9 Å². The largest absolute Gasteiger partial charge is 0.391 e. The molecule has 0 amide bonds. The Morgan fingerprint density at radius 3 is 2.79 bits per heavy atom. The molecule has 102 valence electrons. The van der Waals surface area contributed by atoms with Gasteiger partial charge in [0.05, 0.1) is 11.8 Å². The van der Waals surface area contributed by atoms with Gasteiger partial charge in [-0.15, -0.1) is 0 Å². The number of β-amino-alcohol motifs (C(OH)–C–C–N with tert-alkyl or cyclic N) is 1. The maximum absolute atomic E-state index is 9.68. The molecule has 0 saturated carbocycles. The lowest BCUT2D eigenvalue weighted by molar-refractivity contribution is 0.198. The van der Waals surface area contributed by atoms with Crippen molar-refractivity contribution < 1.29 is 5.11 Å². The number of aromatic nitrogens is 3. The number of rotatable bonds is 1. The van der Waals surface area contributed by atoms with Crippen molar-refractivity contribution in [3.8, 4) is 0 Å². The Balaban J connectivity index is 2.08. The average molecular weight is 260 g/mol. The van der Waals surface area contributed by atoms with Gasteiger partial charge in [0.2, 0.25) is 0 Å². The molecule has 1 aliphatic heterocycles. The Hall–Kier alpha value is -1.62. The highest BCUT2D eigenvalue weighted by molar-refractivity contribution is 5.69. The molecule has 0 spiro atoms. The highest BCUT2D eigenvalue weighted by Gasteiger charge is 2.25. The topological polar surface area (TPSA) is 53.7 Å². The quantitative estimate of drug-likeness (QED) is 0.846. The first-order chi connectivity index (χ1) is 8.95. The van der Waals surface area contributed by atoms with Crippen LogP contribution in [0.2, 0.25) is 0 Å². The van der Waals surface area contributed by atoms with Gasteiger partial charge in [-0.1, -0.05) is 20.8 Å². The Bertz CT molecular complexity index is 599. The number of fused-ring (bicyclic) bond motifs is 1. The highest BCUT2D eigenvalue weighted by atomic mass is 16.3. The molecule has 3 rings (SSSR count). The molecule has 0 aliphatic carbocycles. The van der Waals surface area contributed by atoms with Gasteiger partial charge in [0.25, 0.3) is 0 Å². The number of anilines is 1. The molecule has 1 aliphatic rings. The third kappa shape index (κ3) is 2.18. The number of aliphatic hydroxyl groups is 1. The van der Waals surface area contributed by atoms with Crippen molar-refractivity contribution in [3.63, 3.8) is 0 Å². The number of hydrogen-bond acceptors (Lipinski definition) is 4. The standard InChI is InChI=1S/C14H20N4O/c1-14(2,3)12-8-11-13(15-5-7-18(11)16-12)17-6-4-10(19)9-17/h5,7-8,10,19H,4,6,9H2,1-3H3/t10-/m0/s1. The first-order valence-electron chi connectivity index (χ1n) is 6.73. The molecule has 2 aromatic heterocycles. The minimum Gasteiger partial charge on any atom is -0.391 e. The highest BCUT2D eigenvalue weighted by Crippen LogP contribution is 2.27. The van der Waals surface area contributed by atoms with Crippen molar-refractivity contribution in [1.82, 2.24) is 14.6 Å². The van der Waals surface area contributed by atoms with E-state index in [9.17, 15) is 5.11 Å². The fourth-order valence-corrected chi connectivity index (χ4v) is 2.45. The van der Waals surface area contributed by atoms with Gasteiger partial charge in [-0.05, 0) is 12.5 Å². The predicted octanol–water partition coefficient (Wildman–Crippen LogP) is 1.60. The van der Waals surface area contributed by atoms with E-state index in [4.69, 9.17) is 0 Å². The number of hydrogen-bond donors (Lipinski definition) is 1. The normalized spacial score (nSPS) is 20.4. The van der Waals surface area contributed by atoms with E-state index in [0.717, 1.165) is 30.0 Å². The summed E-state index contributed by atoms with van der Waals surface area (Å²) in [6, 6.07) is 2.10. The molecule has 0 aromatic carbocycles. The van der Waals surface area contributed by atoms with E-state index in [1.807, 2.05) is 10.7 Å². The number of aliphatic hydroxyl groups excluding tert-OH is 1. The van der Waals surface area contributed by atoms with Gasteiger partial charge < -0.3 is 10.0 Å². The van der Waals surface area contributed by atoms with Crippen LogP contribution < -0.4 is 4.90 Å². The van der Waals surface area contributed by atoms with E-state index in [1.165, 1.54) is 0 Å². The maximum Gasteiger partial charge on any atom is 0.154 e. The second-order valence-corrected chi connectivity index (χ2v) is 6.25. The maximum atomic E-state index is 9.68. The third-order valence-electron chi connectivity index (χ3n) is 3.60. The minimum absolute atomic E-state index is 0.0216. The van der Waals surface area contributed by atoms with Crippen molar-refractivity contribution in [2.75, 3.05) is 18.0 Å². The molecular weight excluding hydrogens is 240 g/mol. The molecule has 0 bridgehead atoms. The molecule has 0 unspecified atom stereocenters. The second kappa shape index (κ2) is 4.20. The van der Waals surface area contributed by atoms with Crippen LogP contribution >= 0.6 is 0 Å². The molecule has 19 heavy (non-hydrogen) atoms. The lowest BCUT2D eigenvalue weighted by Gasteiger charge is -2.17. The smallest absolute Gasteiger partial charge is 0.154 e. The van der Waals surface area contributed by atoms with E-state index in [2.05, 4.69) is 41.8 Å². The van der Waals surface area contributed by atoms with Crippen LogP contribution in [-0.2, 0) is 5.41 Å². The van der Waals surface area contributed by atoms with Crippen molar-refractivity contribution in [3.05, 3.63) is 24.2 Å². The molecule has 1 atom stereocenters. The molecular formula is C14H20N4O. The summed E-state index contributed by atoms with van der Waals surface area (Å²) in [6.45, 7) is 7.97. The van der Waals surface area contributed by atoms with Gasteiger partial charge in [-0.2, -0.15) is 5.10 Å². The average Bonchev–Trinajstić information content (AvgIpc) is 2.93. The van der Waals surface area contributed by atoms with Gasteiger partial charge in [-0.25, -0.2) is 9.50 Å². The molecule has 5 heteroatoms. The van der Waals surface area contributed by atoms with Crippen LogP contribution in [0.5, 0.6) is 0 Å². The molecule has 1 saturated heterocycles. The summed E-state index contributed by atoms with van der Waals surface area (Å²) >= 11 is 0. The Labute approximate surface area is 112 Å². The van der Waals surface area contributed by atoms with Crippen LogP contribution in [0.15, 0.2) is 18.5 Å². The van der Waals surface area contributed by atoms with Crippen LogP contribution in [0.1, 0.15) is 32.9 Å². The monoisotopic (exact) mass is 260 g/mol. The third-order valence-corrected chi connectivity index (χ3v) is 3.60. The van der Waals surface area contributed by atoms with Crippen LogP contribution in [0.4, 0.5) is 5.82 Å². The number of nitrogens with zero attached hydrogens (tertiary/aromatic N) is 4. The van der Waals surface area contributed by atoms with E-state index in [-0.39, 0.29) is 11.5 Å². The summed E-state index contributed by atoms with van der Waals surface area (Å²) in [7, 11) is 0. The fraction of sp³-hybridized carbons (Fsp3) is 0.571. The molecule has 0 radical (unpaired) electrons. The lowest BCUT2D eigenvalue weighted by atomic mass is 9.92. The molecule has 1 N–H and O–H groups in total. The van der Waals surface area contributed by atoms with Gasteiger partial charge in [-0.3, -0.25) is 0 Å². The van der Waals surface area contributed by atoms with E-state index in [1.54, 1.807) is 6.20 Å². The van der Waals surface area contributed by atoms with E-state index < -0.39 is 0 Å². The zero-order valence-electron chi connectivity index (χ0n) is 11.7. The molecule has 5 nitrogen and oxygen atoms in total. The summed E-state index contributed by atoms with van der Waals surface area (Å²) < 4.78 is 1.88. The summed E-state index contributed by atoms with van der Waals surface area (Å²) in [5.74, 6) is 0.919. The Morgan fingerprint density at radius 1 is 1.37 bits per heavy atom. The first kappa shape index (κ1) is 12.4. The fourth-order valence-electron chi connectivity index (χ4n) is 2.45. The molecule has 2 aromatic rings. The second-order valence-electron chi connectivity index (χ2n) is 6.25. The Kier molecular flexibility index (Phi) is 2.74. The van der Waals surface area contributed by atoms with E-state index in [0.29, 0.717) is 6.54 Å². The van der Waals surface area contributed by atoms with Crippen LogP contribution in [0.3, 0.4) is 0 Å². The van der Waals surface area contributed by atoms with Crippen molar-refractivity contribution >= 4 is 11.3 Å². The Morgan fingerprint density at radius 2 is 2.16 bits per heavy atom. The zero-order chi connectivity index (χ0) is 13.6.